The third-order valence-corrected chi connectivity index (χ3v) is 5.40. The Hall–Kier alpha value is -0.0800. The number of fused-ring (bicyclic) bond motifs is 1. The van der Waals surface area contributed by atoms with E-state index in [1.807, 2.05) is 0 Å². The molecule has 1 aliphatic carbocycles. The molecule has 2 aliphatic rings. The number of hydrogen-bond acceptors (Lipinski definition) is 2. The van der Waals surface area contributed by atoms with Gasteiger partial charge in [-0.2, -0.15) is 0 Å². The van der Waals surface area contributed by atoms with Gasteiger partial charge in [0, 0.05) is 19.1 Å². The molecule has 19 heavy (non-hydrogen) atoms. The quantitative estimate of drug-likeness (QED) is 0.789. The fourth-order valence-corrected chi connectivity index (χ4v) is 4.67. The first kappa shape index (κ1) is 15.3. The number of rotatable bonds is 6. The van der Waals surface area contributed by atoms with Crippen LogP contribution < -0.4 is 5.32 Å². The Morgan fingerprint density at radius 3 is 2.63 bits per heavy atom. The van der Waals surface area contributed by atoms with Crippen molar-refractivity contribution in [1.29, 1.82) is 0 Å². The smallest absolute Gasteiger partial charge is 0.0124 e. The van der Waals surface area contributed by atoms with Crippen molar-refractivity contribution in [3.8, 4) is 0 Å². The second-order valence-electron chi connectivity index (χ2n) is 7.32. The van der Waals surface area contributed by atoms with Gasteiger partial charge in [0.1, 0.15) is 0 Å². The summed E-state index contributed by atoms with van der Waals surface area (Å²) < 4.78 is 0. The third kappa shape index (κ3) is 3.95. The van der Waals surface area contributed by atoms with Crippen molar-refractivity contribution in [3.05, 3.63) is 0 Å². The molecule has 1 heterocycles. The van der Waals surface area contributed by atoms with Crippen LogP contribution in [0.4, 0.5) is 0 Å². The zero-order valence-electron chi connectivity index (χ0n) is 13.4. The monoisotopic (exact) mass is 266 g/mol. The van der Waals surface area contributed by atoms with E-state index in [1.165, 1.54) is 64.5 Å². The molecule has 0 aromatic rings. The molecular formula is C17H34N2. The average molecular weight is 266 g/mol. The van der Waals surface area contributed by atoms with Crippen LogP contribution in [-0.2, 0) is 0 Å². The molecule has 0 bridgehead atoms. The van der Waals surface area contributed by atoms with Gasteiger partial charge in [0.15, 0.2) is 0 Å². The molecule has 0 aromatic carbocycles. The molecule has 0 radical (unpaired) electrons. The van der Waals surface area contributed by atoms with Crippen LogP contribution in [0, 0.1) is 11.3 Å². The van der Waals surface area contributed by atoms with E-state index in [0.29, 0.717) is 5.41 Å². The molecule has 3 atom stereocenters. The van der Waals surface area contributed by atoms with Gasteiger partial charge in [0.05, 0.1) is 0 Å². The van der Waals surface area contributed by atoms with Crippen LogP contribution in [0.15, 0.2) is 0 Å². The van der Waals surface area contributed by atoms with Crippen molar-refractivity contribution in [3.63, 3.8) is 0 Å². The number of piperidine rings is 1. The van der Waals surface area contributed by atoms with E-state index < -0.39 is 0 Å². The Kier molecular flexibility index (Phi) is 5.70. The third-order valence-electron chi connectivity index (χ3n) is 5.40. The van der Waals surface area contributed by atoms with Gasteiger partial charge in [-0.1, -0.05) is 33.1 Å². The van der Waals surface area contributed by atoms with Crippen LogP contribution in [0.3, 0.4) is 0 Å². The van der Waals surface area contributed by atoms with Gasteiger partial charge in [0.25, 0.3) is 0 Å². The maximum atomic E-state index is 3.43. The van der Waals surface area contributed by atoms with Gasteiger partial charge in [-0.25, -0.2) is 0 Å². The van der Waals surface area contributed by atoms with Crippen LogP contribution in [0.1, 0.15) is 65.2 Å². The van der Waals surface area contributed by atoms with E-state index in [4.69, 9.17) is 0 Å². The van der Waals surface area contributed by atoms with Gasteiger partial charge in [-0.15, -0.1) is 0 Å². The zero-order chi connectivity index (χ0) is 13.7. The molecule has 0 aromatic heterocycles. The minimum Gasteiger partial charge on any atom is -0.319 e. The predicted molar refractivity (Wildman–Crippen MR) is 83.5 cm³/mol. The van der Waals surface area contributed by atoms with Crippen molar-refractivity contribution in [1.82, 2.24) is 10.2 Å². The maximum Gasteiger partial charge on any atom is 0.0124 e. The summed E-state index contributed by atoms with van der Waals surface area (Å²) in [7, 11) is 2.10. The van der Waals surface area contributed by atoms with Crippen molar-refractivity contribution >= 4 is 0 Å². The first-order valence-corrected chi connectivity index (χ1v) is 8.57. The number of nitrogens with zero attached hydrogens (tertiary/aromatic N) is 1. The lowest BCUT2D eigenvalue weighted by Crippen LogP contribution is -2.52. The molecule has 0 spiro atoms. The number of likely N-dealkylation sites (tertiary alicyclic amines) is 1. The summed E-state index contributed by atoms with van der Waals surface area (Å²) >= 11 is 0. The first-order chi connectivity index (χ1) is 9.18. The Morgan fingerprint density at radius 1 is 1.16 bits per heavy atom. The predicted octanol–water partition coefficient (Wildman–Crippen LogP) is 3.67. The fraction of sp³-hybridized carbons (Fsp3) is 1.00. The van der Waals surface area contributed by atoms with Crippen molar-refractivity contribution in [2.24, 2.45) is 11.3 Å². The summed E-state index contributed by atoms with van der Waals surface area (Å²) in [6, 6.07) is 0.913. The SMILES string of the molecule is CCCC(C)(CNC)CN1CCC[C@H]2CCCC[C@H]21. The maximum absolute atomic E-state index is 3.43. The molecule has 1 N–H and O–H groups in total. The standard InChI is InChI=1S/C17H34N2/c1-4-11-17(2,13-18-3)14-19-12-7-9-15-8-5-6-10-16(15)19/h15-16,18H,4-14H2,1-3H3/t15-,16-,17?/m1/s1. The molecule has 2 nitrogen and oxygen atoms in total. The molecule has 0 amide bonds. The summed E-state index contributed by atoms with van der Waals surface area (Å²) in [6.07, 6.45) is 11.5. The van der Waals surface area contributed by atoms with Gasteiger partial charge in [0.2, 0.25) is 0 Å². The van der Waals surface area contributed by atoms with E-state index in [0.717, 1.165) is 18.5 Å². The van der Waals surface area contributed by atoms with Gasteiger partial charge >= 0.3 is 0 Å². The van der Waals surface area contributed by atoms with Gasteiger partial charge in [-0.3, -0.25) is 4.90 Å². The minimum absolute atomic E-state index is 0.461. The van der Waals surface area contributed by atoms with Crippen molar-refractivity contribution in [2.45, 2.75) is 71.3 Å². The lowest BCUT2D eigenvalue weighted by atomic mass is 9.76. The molecule has 112 valence electrons. The lowest BCUT2D eigenvalue weighted by molar-refractivity contribution is 0.0256. The number of nitrogens with one attached hydrogen (secondary N) is 1. The second kappa shape index (κ2) is 7.08. The van der Waals surface area contributed by atoms with Crippen LogP contribution in [0.5, 0.6) is 0 Å². The number of hydrogen-bond donors (Lipinski definition) is 1. The Labute approximate surface area is 120 Å². The van der Waals surface area contributed by atoms with E-state index in [9.17, 15) is 0 Å². The molecule has 2 heteroatoms. The first-order valence-electron chi connectivity index (χ1n) is 8.57. The van der Waals surface area contributed by atoms with Gasteiger partial charge < -0.3 is 5.32 Å². The van der Waals surface area contributed by atoms with Crippen LogP contribution >= 0.6 is 0 Å². The zero-order valence-corrected chi connectivity index (χ0v) is 13.4. The van der Waals surface area contributed by atoms with E-state index in [1.54, 1.807) is 0 Å². The van der Waals surface area contributed by atoms with Crippen LogP contribution in [-0.4, -0.2) is 37.6 Å². The van der Waals surface area contributed by atoms with Crippen molar-refractivity contribution < 1.29 is 0 Å². The topological polar surface area (TPSA) is 15.3 Å². The highest BCUT2D eigenvalue weighted by Crippen LogP contribution is 2.37. The lowest BCUT2D eigenvalue weighted by Gasteiger charge is -2.47. The molecule has 2 rings (SSSR count). The summed E-state index contributed by atoms with van der Waals surface area (Å²) in [4.78, 5) is 2.86. The Morgan fingerprint density at radius 2 is 1.89 bits per heavy atom. The minimum atomic E-state index is 0.461. The highest BCUT2D eigenvalue weighted by atomic mass is 15.2. The summed E-state index contributed by atoms with van der Waals surface area (Å²) in [5.41, 5.74) is 0.461. The molecular weight excluding hydrogens is 232 g/mol. The molecule has 1 unspecified atom stereocenters. The van der Waals surface area contributed by atoms with Crippen LogP contribution in [0.25, 0.3) is 0 Å². The summed E-state index contributed by atoms with van der Waals surface area (Å²) in [5.74, 6) is 1.02. The Bertz CT molecular complexity index is 256. The van der Waals surface area contributed by atoms with Gasteiger partial charge in [-0.05, 0) is 57.0 Å². The average Bonchev–Trinajstić information content (AvgIpc) is 2.39. The van der Waals surface area contributed by atoms with E-state index in [-0.39, 0.29) is 0 Å². The fourth-order valence-electron chi connectivity index (χ4n) is 4.67. The molecule has 1 saturated heterocycles. The van der Waals surface area contributed by atoms with E-state index in [2.05, 4.69) is 31.1 Å². The molecule has 2 fully saturated rings. The summed E-state index contributed by atoms with van der Waals surface area (Å²) in [5, 5.41) is 3.43. The van der Waals surface area contributed by atoms with Crippen LogP contribution in [0.2, 0.25) is 0 Å². The second-order valence-corrected chi connectivity index (χ2v) is 7.32. The molecule has 1 saturated carbocycles. The van der Waals surface area contributed by atoms with E-state index >= 15 is 0 Å². The Balaban J connectivity index is 1.98. The highest BCUT2D eigenvalue weighted by molar-refractivity contribution is 4.91. The highest BCUT2D eigenvalue weighted by Gasteiger charge is 2.36. The summed E-state index contributed by atoms with van der Waals surface area (Å²) in [6.45, 7) is 8.63. The van der Waals surface area contributed by atoms with Crippen molar-refractivity contribution in [2.75, 3.05) is 26.7 Å². The largest absolute Gasteiger partial charge is 0.319 e. The molecule has 1 aliphatic heterocycles. The normalized spacial score (nSPS) is 31.7.